The van der Waals surface area contributed by atoms with E-state index in [1.54, 1.807) is 0 Å². The molecule has 0 N–H and O–H groups in total. The molecule has 0 amide bonds. The fraction of sp³-hybridized carbons (Fsp3) is 0.800. The van der Waals surface area contributed by atoms with Crippen molar-refractivity contribution in [1.29, 1.82) is 0 Å². The first-order valence-corrected chi connectivity index (χ1v) is 4.30. The third-order valence-corrected chi connectivity index (χ3v) is 3.03. The van der Waals surface area contributed by atoms with Gasteiger partial charge in [0, 0.05) is 0 Å². The van der Waals surface area contributed by atoms with E-state index in [0.717, 1.165) is 5.92 Å². The second-order valence-corrected chi connectivity index (χ2v) is 4.02. The van der Waals surface area contributed by atoms with Crippen molar-refractivity contribution in [3.05, 3.63) is 12.2 Å². The van der Waals surface area contributed by atoms with Gasteiger partial charge in [0.25, 0.3) is 0 Å². The second-order valence-electron chi connectivity index (χ2n) is 4.02. The van der Waals surface area contributed by atoms with Crippen LogP contribution in [-0.2, 0) is 0 Å². The zero-order chi connectivity index (χ0) is 7.61. The van der Waals surface area contributed by atoms with Crippen LogP contribution in [0.2, 0.25) is 0 Å². The molecule has 10 heavy (non-hydrogen) atoms. The van der Waals surface area contributed by atoms with Crippen LogP contribution < -0.4 is 0 Å². The quantitative estimate of drug-likeness (QED) is 0.487. The molecule has 0 unspecified atom stereocenters. The van der Waals surface area contributed by atoms with Crippen molar-refractivity contribution in [3.8, 4) is 0 Å². The maximum atomic E-state index is 2.40. The highest BCUT2D eigenvalue weighted by Crippen LogP contribution is 2.38. The van der Waals surface area contributed by atoms with Gasteiger partial charge in [-0.3, -0.25) is 0 Å². The van der Waals surface area contributed by atoms with E-state index in [-0.39, 0.29) is 0 Å². The average Bonchev–Trinajstić information content (AvgIpc) is 1.89. The summed E-state index contributed by atoms with van der Waals surface area (Å²) >= 11 is 0. The summed E-state index contributed by atoms with van der Waals surface area (Å²) in [4.78, 5) is 0. The van der Waals surface area contributed by atoms with Gasteiger partial charge in [0.1, 0.15) is 0 Å². The topological polar surface area (TPSA) is 0 Å². The fourth-order valence-electron chi connectivity index (χ4n) is 1.51. The lowest BCUT2D eigenvalue weighted by Crippen LogP contribution is -2.24. The molecular formula is C10H18. The van der Waals surface area contributed by atoms with Crippen LogP contribution in [0.3, 0.4) is 0 Å². The summed E-state index contributed by atoms with van der Waals surface area (Å²) in [7, 11) is 0. The fourth-order valence-corrected chi connectivity index (χ4v) is 1.51. The Hall–Kier alpha value is -0.260. The maximum absolute atomic E-state index is 2.40. The molecule has 0 fully saturated rings. The first-order valence-electron chi connectivity index (χ1n) is 4.30. The van der Waals surface area contributed by atoms with Gasteiger partial charge in [-0.05, 0) is 30.6 Å². The maximum Gasteiger partial charge on any atom is -0.0265 e. The average molecular weight is 138 g/mol. The standard InChI is InChI=1S/C10H18/c1-9(2)10(3)7-5-4-6-8-10/h4-5,9H,6-8H2,1-3H3/t10-/m1/s1. The SMILES string of the molecule is CC(C)[C@]1(C)CC=CCC1. The lowest BCUT2D eigenvalue weighted by molar-refractivity contribution is 0.196. The highest BCUT2D eigenvalue weighted by Gasteiger charge is 2.27. The molecule has 1 aliphatic rings. The number of hydrogen-bond donors (Lipinski definition) is 0. The van der Waals surface area contributed by atoms with Crippen molar-refractivity contribution in [2.75, 3.05) is 0 Å². The molecule has 0 aromatic rings. The lowest BCUT2D eigenvalue weighted by atomic mass is 9.71. The monoisotopic (exact) mass is 138 g/mol. The largest absolute Gasteiger partial charge is 0.0885 e. The van der Waals surface area contributed by atoms with E-state index in [0.29, 0.717) is 5.41 Å². The highest BCUT2D eigenvalue weighted by atomic mass is 14.3. The van der Waals surface area contributed by atoms with Gasteiger partial charge in [0.05, 0.1) is 0 Å². The van der Waals surface area contributed by atoms with E-state index in [1.807, 2.05) is 0 Å². The molecule has 0 nitrogen and oxygen atoms in total. The molecule has 0 aromatic heterocycles. The Morgan fingerprint density at radius 3 is 2.30 bits per heavy atom. The van der Waals surface area contributed by atoms with Gasteiger partial charge < -0.3 is 0 Å². The van der Waals surface area contributed by atoms with Crippen molar-refractivity contribution >= 4 is 0 Å². The minimum atomic E-state index is 0.592. The van der Waals surface area contributed by atoms with Crippen molar-refractivity contribution < 1.29 is 0 Å². The Morgan fingerprint density at radius 2 is 2.00 bits per heavy atom. The van der Waals surface area contributed by atoms with Crippen LogP contribution in [0.4, 0.5) is 0 Å². The molecule has 0 heteroatoms. The smallest absolute Gasteiger partial charge is 0.0265 e. The zero-order valence-corrected chi connectivity index (χ0v) is 7.35. The van der Waals surface area contributed by atoms with Gasteiger partial charge in [-0.15, -0.1) is 0 Å². The third kappa shape index (κ3) is 1.42. The van der Waals surface area contributed by atoms with Crippen LogP contribution in [0.5, 0.6) is 0 Å². The predicted molar refractivity (Wildman–Crippen MR) is 45.9 cm³/mol. The summed E-state index contributed by atoms with van der Waals surface area (Å²) in [6.45, 7) is 7.07. The summed E-state index contributed by atoms with van der Waals surface area (Å²) in [6, 6.07) is 0. The van der Waals surface area contributed by atoms with E-state index in [1.165, 1.54) is 19.3 Å². The minimum absolute atomic E-state index is 0.592. The predicted octanol–water partition coefficient (Wildman–Crippen LogP) is 3.39. The third-order valence-electron chi connectivity index (χ3n) is 3.03. The molecule has 0 saturated carbocycles. The van der Waals surface area contributed by atoms with Gasteiger partial charge >= 0.3 is 0 Å². The summed E-state index contributed by atoms with van der Waals surface area (Å²) in [5.41, 5.74) is 0.592. The highest BCUT2D eigenvalue weighted by molar-refractivity contribution is 4.96. The van der Waals surface area contributed by atoms with E-state index in [4.69, 9.17) is 0 Å². The van der Waals surface area contributed by atoms with Crippen LogP contribution in [0.1, 0.15) is 40.0 Å². The zero-order valence-electron chi connectivity index (χ0n) is 7.35. The molecule has 0 radical (unpaired) electrons. The molecule has 0 saturated heterocycles. The van der Waals surface area contributed by atoms with Crippen molar-refractivity contribution in [2.24, 2.45) is 11.3 Å². The van der Waals surface area contributed by atoms with Crippen LogP contribution in [0.25, 0.3) is 0 Å². The Kier molecular flexibility index (Phi) is 2.18. The Bertz CT molecular complexity index is 133. The Labute approximate surface area is 64.3 Å². The Balaban J connectivity index is 2.59. The molecule has 1 rings (SSSR count). The van der Waals surface area contributed by atoms with E-state index in [9.17, 15) is 0 Å². The van der Waals surface area contributed by atoms with E-state index < -0.39 is 0 Å². The summed E-state index contributed by atoms with van der Waals surface area (Å²) in [5, 5.41) is 0. The molecule has 0 heterocycles. The number of hydrogen-bond acceptors (Lipinski definition) is 0. The normalized spacial score (nSPS) is 33.2. The van der Waals surface area contributed by atoms with Crippen LogP contribution in [-0.4, -0.2) is 0 Å². The number of rotatable bonds is 1. The summed E-state index contributed by atoms with van der Waals surface area (Å²) in [5.74, 6) is 0.831. The van der Waals surface area contributed by atoms with Gasteiger partial charge in [0.15, 0.2) is 0 Å². The summed E-state index contributed by atoms with van der Waals surface area (Å²) in [6.07, 6.45) is 8.59. The molecule has 1 atom stereocenters. The van der Waals surface area contributed by atoms with Gasteiger partial charge in [-0.25, -0.2) is 0 Å². The van der Waals surface area contributed by atoms with Gasteiger partial charge in [0.2, 0.25) is 0 Å². The lowest BCUT2D eigenvalue weighted by Gasteiger charge is -2.34. The molecule has 0 aliphatic heterocycles. The minimum Gasteiger partial charge on any atom is -0.0885 e. The first-order chi connectivity index (χ1) is 4.65. The molecule has 0 spiro atoms. The van der Waals surface area contributed by atoms with Crippen LogP contribution in [0, 0.1) is 11.3 Å². The molecule has 0 bridgehead atoms. The molecule has 0 aromatic carbocycles. The van der Waals surface area contributed by atoms with E-state index >= 15 is 0 Å². The van der Waals surface area contributed by atoms with E-state index in [2.05, 4.69) is 32.9 Å². The van der Waals surface area contributed by atoms with Crippen LogP contribution >= 0.6 is 0 Å². The second kappa shape index (κ2) is 2.77. The molecule has 58 valence electrons. The molecular weight excluding hydrogens is 120 g/mol. The van der Waals surface area contributed by atoms with Crippen molar-refractivity contribution in [3.63, 3.8) is 0 Å². The number of allylic oxidation sites excluding steroid dienone is 2. The van der Waals surface area contributed by atoms with Crippen LogP contribution in [0.15, 0.2) is 12.2 Å². The van der Waals surface area contributed by atoms with Crippen molar-refractivity contribution in [2.45, 2.75) is 40.0 Å². The Morgan fingerprint density at radius 1 is 1.30 bits per heavy atom. The molecule has 1 aliphatic carbocycles. The van der Waals surface area contributed by atoms with Gasteiger partial charge in [-0.2, -0.15) is 0 Å². The summed E-state index contributed by atoms with van der Waals surface area (Å²) < 4.78 is 0. The first kappa shape index (κ1) is 7.84. The van der Waals surface area contributed by atoms with Gasteiger partial charge in [-0.1, -0.05) is 32.9 Å². The van der Waals surface area contributed by atoms with Crippen molar-refractivity contribution in [1.82, 2.24) is 0 Å².